The van der Waals surface area contributed by atoms with E-state index in [0.29, 0.717) is 21.3 Å². The Hall–Kier alpha value is -1.37. The van der Waals surface area contributed by atoms with Crippen molar-refractivity contribution in [3.63, 3.8) is 0 Å². The highest BCUT2D eigenvalue weighted by atomic mass is 79.9. The zero-order valence-corrected chi connectivity index (χ0v) is 14.0. The van der Waals surface area contributed by atoms with E-state index < -0.39 is 10.8 Å². The Kier molecular flexibility index (Phi) is 5.39. The summed E-state index contributed by atoms with van der Waals surface area (Å²) in [6.07, 6.45) is 0. The van der Waals surface area contributed by atoms with Crippen LogP contribution in [0.2, 0.25) is 5.02 Å². The number of rotatable bonds is 4. The normalized spacial score (nSPS) is 11.9. The molecule has 3 N–H and O–H groups in total. The minimum absolute atomic E-state index is 0.185. The molecule has 0 heterocycles. The Bertz CT molecular complexity index is 709. The van der Waals surface area contributed by atoms with Gasteiger partial charge >= 0.3 is 0 Å². The van der Waals surface area contributed by atoms with E-state index in [1.807, 2.05) is 6.07 Å². The van der Waals surface area contributed by atoms with Crippen molar-refractivity contribution >= 4 is 55.6 Å². The first-order chi connectivity index (χ1) is 9.95. The summed E-state index contributed by atoms with van der Waals surface area (Å²) in [5.74, 6) is -0.541. The van der Waals surface area contributed by atoms with Crippen LogP contribution in [-0.2, 0) is 15.6 Å². The van der Waals surface area contributed by atoms with Gasteiger partial charge in [0.1, 0.15) is 5.75 Å². The average Bonchev–Trinajstić information content (AvgIpc) is 2.41. The van der Waals surface area contributed by atoms with Crippen LogP contribution >= 0.6 is 27.5 Å². The zero-order valence-electron chi connectivity index (χ0n) is 10.8. The van der Waals surface area contributed by atoms with Crippen molar-refractivity contribution in [2.45, 2.75) is 4.90 Å². The molecule has 2 aromatic rings. The molecule has 7 heteroatoms. The van der Waals surface area contributed by atoms with E-state index in [1.165, 1.54) is 6.07 Å². The van der Waals surface area contributed by atoms with Crippen LogP contribution in [0.3, 0.4) is 0 Å². The number of nitrogens with two attached hydrogens (primary N) is 1. The van der Waals surface area contributed by atoms with Crippen LogP contribution in [0.25, 0.3) is 0 Å². The zero-order chi connectivity index (χ0) is 15.4. The number of carbonyl (C=O) groups excluding carboxylic acids is 1. The topological polar surface area (TPSA) is 72.2 Å². The van der Waals surface area contributed by atoms with Gasteiger partial charge in [0.25, 0.3) is 0 Å². The van der Waals surface area contributed by atoms with E-state index in [1.54, 1.807) is 30.3 Å². The molecule has 1 unspecified atom stereocenters. The fraction of sp³-hybridized carbons (Fsp3) is 0.0714. The Labute approximate surface area is 138 Å². The van der Waals surface area contributed by atoms with E-state index in [4.69, 9.17) is 17.3 Å². The lowest BCUT2D eigenvalue weighted by Gasteiger charge is -2.07. The van der Waals surface area contributed by atoms with E-state index in [9.17, 15) is 9.00 Å². The molecule has 1 amide bonds. The first kappa shape index (κ1) is 16.0. The lowest BCUT2D eigenvalue weighted by molar-refractivity contribution is -0.113. The Morgan fingerprint density at radius 3 is 2.76 bits per heavy atom. The number of amides is 1. The third-order valence-corrected chi connectivity index (χ3v) is 4.86. The summed E-state index contributed by atoms with van der Waals surface area (Å²) in [4.78, 5) is 12.3. The highest BCUT2D eigenvalue weighted by Crippen LogP contribution is 2.23. The highest BCUT2D eigenvalue weighted by molar-refractivity contribution is 9.10. The van der Waals surface area contributed by atoms with Gasteiger partial charge in [-0.05, 0) is 36.4 Å². The molecule has 0 aliphatic rings. The summed E-state index contributed by atoms with van der Waals surface area (Å²) >= 11 is 9.28. The SMILES string of the molecule is Nc1ccc(Cl)c(S(=O)CC(=O)Nc2cccc(Br)c2)c1. The first-order valence-corrected chi connectivity index (χ1v) is 8.43. The number of carbonyl (C=O) groups is 1. The number of anilines is 2. The second-order valence-electron chi connectivity index (χ2n) is 4.24. The van der Waals surface area contributed by atoms with Crippen molar-refractivity contribution < 1.29 is 9.00 Å². The first-order valence-electron chi connectivity index (χ1n) is 5.94. The summed E-state index contributed by atoms with van der Waals surface area (Å²) < 4.78 is 13.0. The van der Waals surface area contributed by atoms with Gasteiger partial charge in [0.15, 0.2) is 0 Å². The molecular formula is C14H12BrClN2O2S. The number of nitrogen functional groups attached to an aromatic ring is 1. The van der Waals surface area contributed by atoms with E-state index in [0.717, 1.165) is 4.47 Å². The molecule has 2 aromatic carbocycles. The van der Waals surface area contributed by atoms with Gasteiger partial charge < -0.3 is 11.1 Å². The minimum atomic E-state index is -1.55. The van der Waals surface area contributed by atoms with Crippen molar-refractivity contribution in [1.82, 2.24) is 0 Å². The largest absolute Gasteiger partial charge is 0.399 e. The molecule has 0 aliphatic carbocycles. The van der Waals surface area contributed by atoms with Gasteiger partial charge in [0.05, 0.1) is 20.7 Å². The predicted octanol–water partition coefficient (Wildman–Crippen LogP) is 3.43. The van der Waals surface area contributed by atoms with E-state index in [-0.39, 0.29) is 11.7 Å². The van der Waals surface area contributed by atoms with Gasteiger partial charge in [-0.1, -0.05) is 33.6 Å². The van der Waals surface area contributed by atoms with Gasteiger partial charge in [-0.2, -0.15) is 0 Å². The van der Waals surface area contributed by atoms with Gasteiger partial charge in [-0.25, -0.2) is 0 Å². The van der Waals surface area contributed by atoms with Crippen LogP contribution < -0.4 is 11.1 Å². The molecule has 110 valence electrons. The number of benzene rings is 2. The number of hydrogen-bond acceptors (Lipinski definition) is 3. The standard InChI is InChI=1S/C14H12BrClN2O2S/c15-9-2-1-3-11(6-9)18-14(19)8-21(20)13-7-10(17)4-5-12(13)16/h1-7H,8,17H2,(H,18,19). The summed E-state index contributed by atoms with van der Waals surface area (Å²) in [7, 11) is -1.55. The maximum Gasteiger partial charge on any atom is 0.237 e. The van der Waals surface area contributed by atoms with Crippen LogP contribution in [0.5, 0.6) is 0 Å². The summed E-state index contributed by atoms with van der Waals surface area (Å²) in [6, 6.07) is 11.9. The van der Waals surface area contributed by atoms with Crippen LogP contribution in [0.4, 0.5) is 11.4 Å². The van der Waals surface area contributed by atoms with Gasteiger partial charge in [-0.15, -0.1) is 0 Å². The molecule has 4 nitrogen and oxygen atoms in total. The maximum absolute atomic E-state index is 12.2. The molecule has 1 atom stereocenters. The lowest BCUT2D eigenvalue weighted by atomic mass is 10.3. The van der Waals surface area contributed by atoms with Crippen molar-refractivity contribution in [2.24, 2.45) is 0 Å². The Balaban J connectivity index is 2.05. The van der Waals surface area contributed by atoms with Crippen LogP contribution in [0.1, 0.15) is 0 Å². The van der Waals surface area contributed by atoms with E-state index >= 15 is 0 Å². The van der Waals surface area contributed by atoms with Gasteiger partial charge in [-0.3, -0.25) is 9.00 Å². The maximum atomic E-state index is 12.2. The monoisotopic (exact) mass is 386 g/mol. The fourth-order valence-electron chi connectivity index (χ4n) is 1.65. The summed E-state index contributed by atoms with van der Waals surface area (Å²) in [5, 5.41) is 3.01. The van der Waals surface area contributed by atoms with Crippen molar-refractivity contribution in [3.05, 3.63) is 52.0 Å². The molecule has 0 spiro atoms. The van der Waals surface area contributed by atoms with Gasteiger partial charge in [0, 0.05) is 15.8 Å². The summed E-state index contributed by atoms with van der Waals surface area (Å²) in [6.45, 7) is 0. The molecule has 0 aromatic heterocycles. The van der Waals surface area contributed by atoms with Crippen molar-refractivity contribution in [2.75, 3.05) is 16.8 Å². The van der Waals surface area contributed by atoms with Crippen molar-refractivity contribution in [3.8, 4) is 0 Å². The third-order valence-electron chi connectivity index (χ3n) is 2.57. The molecule has 0 saturated carbocycles. The molecule has 0 fully saturated rings. The Morgan fingerprint density at radius 2 is 2.05 bits per heavy atom. The van der Waals surface area contributed by atoms with Crippen LogP contribution in [-0.4, -0.2) is 15.9 Å². The van der Waals surface area contributed by atoms with Crippen molar-refractivity contribution in [1.29, 1.82) is 0 Å². The Morgan fingerprint density at radius 1 is 1.29 bits per heavy atom. The lowest BCUT2D eigenvalue weighted by Crippen LogP contribution is -2.19. The molecular weight excluding hydrogens is 376 g/mol. The molecule has 21 heavy (non-hydrogen) atoms. The quantitative estimate of drug-likeness (QED) is 0.789. The van der Waals surface area contributed by atoms with Gasteiger partial charge in [0.2, 0.25) is 5.91 Å². The van der Waals surface area contributed by atoms with Crippen LogP contribution in [0.15, 0.2) is 51.8 Å². The number of nitrogens with one attached hydrogen (secondary N) is 1. The second-order valence-corrected chi connectivity index (χ2v) is 6.98. The highest BCUT2D eigenvalue weighted by Gasteiger charge is 2.14. The second kappa shape index (κ2) is 7.06. The van der Waals surface area contributed by atoms with E-state index in [2.05, 4.69) is 21.2 Å². The smallest absolute Gasteiger partial charge is 0.237 e. The van der Waals surface area contributed by atoms with Crippen LogP contribution in [0, 0.1) is 0 Å². The molecule has 2 rings (SSSR count). The predicted molar refractivity (Wildman–Crippen MR) is 89.9 cm³/mol. The molecule has 0 radical (unpaired) electrons. The average molecular weight is 388 g/mol. The number of halogens is 2. The molecule has 0 bridgehead atoms. The number of hydrogen-bond donors (Lipinski definition) is 2. The minimum Gasteiger partial charge on any atom is -0.399 e. The summed E-state index contributed by atoms with van der Waals surface area (Å²) in [5.41, 5.74) is 6.72. The molecule has 0 aliphatic heterocycles. The fourth-order valence-corrected chi connectivity index (χ4v) is 3.45. The molecule has 0 saturated heterocycles. The third kappa shape index (κ3) is 4.56.